The van der Waals surface area contributed by atoms with Crippen LogP contribution < -0.4 is 10.3 Å². The molecule has 1 saturated heterocycles. The number of halogens is 2. The number of rotatable bonds is 4. The van der Waals surface area contributed by atoms with E-state index in [0.29, 0.717) is 23.7 Å². The van der Waals surface area contributed by atoms with Crippen LogP contribution in [0.5, 0.6) is 11.5 Å². The predicted octanol–water partition coefficient (Wildman–Crippen LogP) is 3.76. The maximum Gasteiger partial charge on any atom is 0.511 e. The van der Waals surface area contributed by atoms with E-state index in [1.807, 2.05) is 0 Å². The molecule has 1 aromatic carbocycles. The number of hydrogen-bond donors (Lipinski definition) is 3. The third kappa shape index (κ3) is 4.93. The summed E-state index contributed by atoms with van der Waals surface area (Å²) in [5.74, 6) is -0.966. The van der Waals surface area contributed by atoms with E-state index < -0.39 is 23.2 Å². The van der Waals surface area contributed by atoms with E-state index in [0.717, 1.165) is 54.5 Å². The van der Waals surface area contributed by atoms with Crippen LogP contribution in [0.1, 0.15) is 29.7 Å². The van der Waals surface area contributed by atoms with E-state index in [4.69, 9.17) is 5.11 Å². The Morgan fingerprint density at radius 3 is 2.64 bits per heavy atom. The number of aryl methyl sites for hydroxylation is 2. The topological polar surface area (TPSA) is 111 Å². The highest BCUT2D eigenvalue weighted by molar-refractivity contribution is 5.89. The van der Waals surface area contributed by atoms with Crippen molar-refractivity contribution in [2.24, 2.45) is 7.05 Å². The molecule has 0 radical (unpaired) electrons. The van der Waals surface area contributed by atoms with Crippen molar-refractivity contribution in [3.8, 4) is 22.8 Å². The van der Waals surface area contributed by atoms with E-state index in [1.165, 1.54) is 12.1 Å². The number of fused-ring (bicyclic) bond motifs is 4. The van der Waals surface area contributed by atoms with Gasteiger partial charge in [0.2, 0.25) is 5.75 Å². The summed E-state index contributed by atoms with van der Waals surface area (Å²) in [5.41, 5.74) is 4.61. The zero-order chi connectivity index (χ0) is 24.1. The van der Waals surface area contributed by atoms with Gasteiger partial charge >= 0.3 is 6.16 Å². The molecule has 11 heteroatoms. The number of hydrogen-bond acceptors (Lipinski definition) is 6. The van der Waals surface area contributed by atoms with E-state index >= 15 is 0 Å². The monoisotopic (exact) mass is 538 g/mol. The van der Waals surface area contributed by atoms with Crippen molar-refractivity contribution in [3.05, 3.63) is 45.4 Å². The fourth-order valence-electron chi connectivity index (χ4n) is 5.40. The first-order chi connectivity index (χ1) is 16.2. The van der Waals surface area contributed by atoms with Gasteiger partial charge in [-0.15, -0.1) is 24.8 Å². The summed E-state index contributed by atoms with van der Waals surface area (Å²) in [5, 5.41) is 20.7. The molecule has 0 amide bonds. The zero-order valence-corrected chi connectivity index (χ0v) is 22.2. The van der Waals surface area contributed by atoms with Crippen LogP contribution in [0.25, 0.3) is 22.2 Å². The number of nitrogens with one attached hydrogen (secondary N) is 1. The van der Waals surface area contributed by atoms with Gasteiger partial charge < -0.3 is 29.4 Å². The minimum Gasteiger partial charge on any atom is -0.504 e. The summed E-state index contributed by atoms with van der Waals surface area (Å²) >= 11 is 0. The number of carbonyl (C=O) groups is 1. The number of H-pyrrole nitrogens is 1. The summed E-state index contributed by atoms with van der Waals surface area (Å²) in [6, 6.07) is 7.02. The summed E-state index contributed by atoms with van der Waals surface area (Å²) in [4.78, 5) is 31.1. The van der Waals surface area contributed by atoms with Crippen molar-refractivity contribution in [3.63, 3.8) is 0 Å². The highest BCUT2D eigenvalue weighted by atomic mass is 35.5. The molecule has 1 aliphatic carbocycles. The van der Waals surface area contributed by atoms with Crippen LogP contribution in [0.3, 0.4) is 0 Å². The summed E-state index contributed by atoms with van der Waals surface area (Å²) < 4.78 is 6.80. The zero-order valence-electron chi connectivity index (χ0n) is 20.5. The number of aromatic nitrogens is 2. The molecule has 3 heterocycles. The Morgan fingerprint density at radius 1 is 1.22 bits per heavy atom. The molecule has 2 aliphatic rings. The molecule has 2 aromatic heterocycles. The van der Waals surface area contributed by atoms with Gasteiger partial charge in [-0.2, -0.15) is 0 Å². The number of aromatic hydroxyl groups is 1. The Hall–Kier alpha value is -2.72. The van der Waals surface area contributed by atoms with Crippen molar-refractivity contribution >= 4 is 41.9 Å². The standard InChI is InChI=1S/C25H30N4O5.2ClH/c1-27(2)16-7-8-29(12-16)13-17-9-15-10-19-14(11-20(15)28(17)3)5-4-6-18-21(19)26-24(31)23(22(18)30)34-25(32)33;;/h9-11,16H,4-8,12-13H2,1-3H3,(H,32,33)(H2,26,30,31);2*1H. The maximum atomic E-state index is 12.5. The van der Waals surface area contributed by atoms with Crippen LogP contribution in [0, 0.1) is 0 Å². The quantitative estimate of drug-likeness (QED) is 0.433. The van der Waals surface area contributed by atoms with Gasteiger partial charge in [-0.3, -0.25) is 9.69 Å². The number of nitrogens with zero attached hydrogens (tertiary/aromatic N) is 3. The molecule has 1 aliphatic heterocycles. The van der Waals surface area contributed by atoms with Crippen molar-refractivity contribution in [2.45, 2.75) is 38.3 Å². The second-order valence-corrected chi connectivity index (χ2v) is 9.61. The molecule has 1 unspecified atom stereocenters. The van der Waals surface area contributed by atoms with E-state index in [9.17, 15) is 14.7 Å². The predicted molar refractivity (Wildman–Crippen MR) is 143 cm³/mol. The summed E-state index contributed by atoms with van der Waals surface area (Å²) in [6.07, 6.45) is 1.59. The fraction of sp³-hybridized carbons (Fsp3) is 0.440. The number of carboxylic acid groups (broad SMARTS) is 1. The number of ether oxygens (including phenoxy) is 1. The van der Waals surface area contributed by atoms with Gasteiger partial charge in [-0.25, -0.2) is 4.79 Å². The number of benzene rings is 1. The van der Waals surface area contributed by atoms with E-state index in [1.54, 1.807) is 0 Å². The number of pyridine rings is 1. The van der Waals surface area contributed by atoms with Crippen molar-refractivity contribution in [2.75, 3.05) is 27.2 Å². The van der Waals surface area contributed by atoms with Crippen LogP contribution in [-0.2, 0) is 26.4 Å². The van der Waals surface area contributed by atoms with Crippen molar-refractivity contribution in [1.29, 1.82) is 0 Å². The fourth-order valence-corrected chi connectivity index (χ4v) is 5.40. The van der Waals surface area contributed by atoms with Gasteiger partial charge in [0, 0.05) is 60.4 Å². The highest BCUT2D eigenvalue weighted by Gasteiger charge is 2.27. The molecule has 36 heavy (non-hydrogen) atoms. The molecule has 3 aromatic rings. The Kier molecular flexibility index (Phi) is 8.30. The first-order valence-corrected chi connectivity index (χ1v) is 11.6. The molecule has 5 rings (SSSR count). The normalized spacial score (nSPS) is 17.2. The largest absolute Gasteiger partial charge is 0.511 e. The third-order valence-electron chi connectivity index (χ3n) is 7.31. The molecule has 0 spiro atoms. The lowest BCUT2D eigenvalue weighted by Crippen LogP contribution is -2.31. The van der Waals surface area contributed by atoms with Gasteiger partial charge in [-0.1, -0.05) is 0 Å². The minimum absolute atomic E-state index is 0. The Morgan fingerprint density at radius 2 is 1.97 bits per heavy atom. The number of aromatic amines is 1. The highest BCUT2D eigenvalue weighted by Crippen LogP contribution is 2.40. The van der Waals surface area contributed by atoms with Crippen molar-refractivity contribution < 1.29 is 19.7 Å². The Balaban J connectivity index is 0.00000180. The lowest BCUT2D eigenvalue weighted by molar-refractivity contribution is 0.142. The molecule has 3 N–H and O–H groups in total. The molecule has 9 nitrogen and oxygen atoms in total. The summed E-state index contributed by atoms with van der Waals surface area (Å²) in [7, 11) is 6.36. The average molecular weight is 539 g/mol. The molecular formula is C25H32Cl2N4O5. The molecule has 196 valence electrons. The first-order valence-electron chi connectivity index (χ1n) is 11.6. The molecule has 1 fully saturated rings. The van der Waals surface area contributed by atoms with Crippen LogP contribution >= 0.6 is 24.8 Å². The SMILES string of the molecule is CN(C)C1CCN(Cc2cc3cc4c(cc3n2C)CCCc2c-4[nH]c(=O)c(OC(=O)O)c2O)C1.Cl.Cl. The first kappa shape index (κ1) is 27.9. The van der Waals surface area contributed by atoms with Gasteiger partial charge in [0.05, 0.1) is 5.69 Å². The van der Waals surface area contributed by atoms with Gasteiger partial charge in [0.15, 0.2) is 5.75 Å². The van der Waals surface area contributed by atoms with Gasteiger partial charge in [0.25, 0.3) is 5.56 Å². The van der Waals surface area contributed by atoms with Gasteiger partial charge in [0.1, 0.15) is 0 Å². The maximum absolute atomic E-state index is 12.5. The van der Waals surface area contributed by atoms with Crippen molar-refractivity contribution in [1.82, 2.24) is 19.4 Å². The second-order valence-electron chi connectivity index (χ2n) is 9.61. The van der Waals surface area contributed by atoms with Crippen LogP contribution in [0.4, 0.5) is 4.79 Å². The molecular weight excluding hydrogens is 507 g/mol. The second kappa shape index (κ2) is 10.7. The smallest absolute Gasteiger partial charge is 0.504 e. The van der Waals surface area contributed by atoms with E-state index in [-0.39, 0.29) is 24.8 Å². The number of likely N-dealkylation sites (tertiary alicyclic amines) is 1. The molecule has 1 atom stereocenters. The molecule has 0 bridgehead atoms. The Labute approximate surface area is 221 Å². The molecule has 0 saturated carbocycles. The lowest BCUT2D eigenvalue weighted by atomic mass is 9.99. The third-order valence-corrected chi connectivity index (χ3v) is 7.31. The van der Waals surface area contributed by atoms with Gasteiger partial charge in [-0.05, 0) is 63.5 Å². The average Bonchev–Trinajstić information content (AvgIpc) is 3.32. The van der Waals surface area contributed by atoms with Crippen LogP contribution in [-0.4, -0.2) is 68.9 Å². The van der Waals surface area contributed by atoms with E-state index in [2.05, 4.69) is 63.4 Å². The Bertz CT molecular complexity index is 1350. The van der Waals surface area contributed by atoms with Crippen LogP contribution in [0.2, 0.25) is 0 Å². The minimum atomic E-state index is -1.64. The summed E-state index contributed by atoms with van der Waals surface area (Å²) in [6.45, 7) is 3.01. The van der Waals surface area contributed by atoms with Crippen LogP contribution in [0.15, 0.2) is 23.0 Å². The lowest BCUT2D eigenvalue weighted by Gasteiger charge is -2.20. The number of likely N-dealkylation sites (N-methyl/N-ethyl adjacent to an activating group) is 1.